The van der Waals surface area contributed by atoms with Gasteiger partial charge in [0.2, 0.25) is 0 Å². The first-order chi connectivity index (χ1) is 16.3. The van der Waals surface area contributed by atoms with Crippen LogP contribution in [0.25, 0.3) is 0 Å². The second-order valence-electron chi connectivity index (χ2n) is 11.4. The van der Waals surface area contributed by atoms with Gasteiger partial charge in [-0.1, -0.05) is 48.5 Å². The van der Waals surface area contributed by atoms with Crippen molar-refractivity contribution >= 4 is 17.7 Å². The predicted molar refractivity (Wildman–Crippen MR) is 129 cm³/mol. The highest BCUT2D eigenvalue weighted by atomic mass is 16.2. The van der Waals surface area contributed by atoms with E-state index in [1.807, 2.05) is 62.4 Å². The number of imide groups is 1. The largest absolute Gasteiger partial charge is 0.325 e. The Labute approximate surface area is 200 Å². The zero-order valence-corrected chi connectivity index (χ0v) is 20.0. The summed E-state index contributed by atoms with van der Waals surface area (Å²) in [4.78, 5) is 42.3. The van der Waals surface area contributed by atoms with Gasteiger partial charge in [-0.15, -0.1) is 0 Å². The minimum atomic E-state index is -1.32. The molecule has 5 fully saturated rings. The van der Waals surface area contributed by atoms with Crippen LogP contribution in [0.2, 0.25) is 0 Å². The third-order valence-electron chi connectivity index (χ3n) is 9.18. The molecule has 34 heavy (non-hydrogen) atoms. The molecule has 5 heteroatoms. The lowest BCUT2D eigenvalue weighted by atomic mass is 9.48. The first-order valence-corrected chi connectivity index (χ1v) is 12.6. The van der Waals surface area contributed by atoms with Crippen LogP contribution in [0.1, 0.15) is 60.8 Å². The van der Waals surface area contributed by atoms with E-state index < -0.39 is 11.6 Å². The van der Waals surface area contributed by atoms with Crippen molar-refractivity contribution in [3.8, 4) is 0 Å². The number of Topliss-reactive ketones (excluding diaryl/α,β-unsaturated/α-hetero) is 1. The summed E-state index contributed by atoms with van der Waals surface area (Å²) in [5.74, 6) is 1.64. The van der Waals surface area contributed by atoms with Crippen LogP contribution >= 0.6 is 0 Å². The first-order valence-electron chi connectivity index (χ1n) is 12.6. The van der Waals surface area contributed by atoms with Crippen LogP contribution in [0.3, 0.4) is 0 Å². The standard InChI is InChI=1S/C29H32N2O3/c1-18-8-9-24(10-19(18)2)29(23-6-4-3-5-7-23)26(33)31(27(34)30-29)17-25(32)28-14-20-11-21(15-28)13-22(12-20)16-28/h3-10,20-22H,11-17H2,1-2H3,(H,30,34)/t20?,21?,22?,28?,29-/m1/s1. The topological polar surface area (TPSA) is 66.5 Å². The number of hydrogen-bond donors (Lipinski definition) is 1. The molecule has 1 saturated heterocycles. The van der Waals surface area contributed by atoms with Crippen molar-refractivity contribution in [1.82, 2.24) is 10.2 Å². The Morgan fingerprint density at radius 1 is 0.882 bits per heavy atom. The first kappa shape index (κ1) is 21.6. The molecular weight excluding hydrogens is 424 g/mol. The molecule has 0 unspecified atom stereocenters. The minimum Gasteiger partial charge on any atom is -0.315 e. The molecular formula is C29H32N2O3. The van der Waals surface area contributed by atoms with Crippen molar-refractivity contribution in [2.75, 3.05) is 6.54 Å². The number of carbonyl (C=O) groups is 3. The van der Waals surface area contributed by atoms with E-state index in [-0.39, 0.29) is 23.7 Å². The SMILES string of the molecule is Cc1ccc([C@@]2(c3ccccc3)NC(=O)N(CC(=O)C34CC5CC(CC(C5)C3)C4)C2=O)cc1C. The molecule has 4 aliphatic carbocycles. The maximum absolute atomic E-state index is 14.1. The normalized spacial score (nSPS) is 33.9. The van der Waals surface area contributed by atoms with Gasteiger partial charge in [0.25, 0.3) is 5.91 Å². The molecule has 5 nitrogen and oxygen atoms in total. The highest BCUT2D eigenvalue weighted by Gasteiger charge is 2.58. The second-order valence-corrected chi connectivity index (χ2v) is 11.4. The van der Waals surface area contributed by atoms with E-state index in [1.165, 1.54) is 24.2 Å². The summed E-state index contributed by atoms with van der Waals surface area (Å²) in [5, 5.41) is 3.01. The lowest BCUT2D eigenvalue weighted by Crippen LogP contribution is -2.53. The van der Waals surface area contributed by atoms with Gasteiger partial charge in [0.1, 0.15) is 0 Å². The van der Waals surface area contributed by atoms with Gasteiger partial charge >= 0.3 is 6.03 Å². The van der Waals surface area contributed by atoms with Crippen LogP contribution in [-0.4, -0.2) is 29.2 Å². The van der Waals surface area contributed by atoms with Gasteiger partial charge in [0.15, 0.2) is 11.3 Å². The number of carbonyl (C=O) groups excluding carboxylic acids is 3. The average Bonchev–Trinajstić information content (AvgIpc) is 3.06. The van der Waals surface area contributed by atoms with Gasteiger partial charge in [-0.25, -0.2) is 4.79 Å². The molecule has 2 aromatic rings. The highest BCUT2D eigenvalue weighted by Crippen LogP contribution is 2.60. The number of nitrogens with one attached hydrogen (secondary N) is 1. The molecule has 0 radical (unpaired) electrons. The van der Waals surface area contributed by atoms with Gasteiger partial charge in [0.05, 0.1) is 6.54 Å². The minimum absolute atomic E-state index is 0.0825. The van der Waals surface area contributed by atoms with Crippen molar-refractivity contribution in [1.29, 1.82) is 0 Å². The third kappa shape index (κ3) is 3.09. The third-order valence-corrected chi connectivity index (χ3v) is 9.18. The van der Waals surface area contributed by atoms with Crippen molar-refractivity contribution in [2.24, 2.45) is 23.2 Å². The van der Waals surface area contributed by atoms with Crippen molar-refractivity contribution in [2.45, 2.75) is 57.9 Å². The maximum Gasteiger partial charge on any atom is 0.325 e. The number of amides is 3. The Morgan fingerprint density at radius 2 is 1.50 bits per heavy atom. The number of aryl methyl sites for hydroxylation is 2. The van der Waals surface area contributed by atoms with Crippen LogP contribution in [-0.2, 0) is 15.1 Å². The van der Waals surface area contributed by atoms with E-state index in [1.54, 1.807) is 0 Å². The zero-order chi connectivity index (χ0) is 23.7. The quantitative estimate of drug-likeness (QED) is 0.652. The molecule has 0 aromatic heterocycles. The Balaban J connectivity index is 1.35. The molecule has 1 heterocycles. The van der Waals surface area contributed by atoms with Gasteiger partial charge in [-0.05, 0) is 92.4 Å². The molecule has 3 amide bonds. The predicted octanol–water partition coefficient (Wildman–Crippen LogP) is 4.88. The smallest absolute Gasteiger partial charge is 0.315 e. The highest BCUT2D eigenvalue weighted by molar-refractivity contribution is 6.11. The molecule has 2 aromatic carbocycles. The molecule has 5 aliphatic rings. The van der Waals surface area contributed by atoms with Crippen LogP contribution in [0.4, 0.5) is 4.79 Å². The van der Waals surface area contributed by atoms with Gasteiger partial charge in [-0.2, -0.15) is 0 Å². The summed E-state index contributed by atoms with van der Waals surface area (Å²) in [6, 6.07) is 14.8. The van der Waals surface area contributed by atoms with E-state index in [0.29, 0.717) is 23.3 Å². The maximum atomic E-state index is 14.1. The molecule has 0 spiro atoms. The Morgan fingerprint density at radius 3 is 2.09 bits per heavy atom. The summed E-state index contributed by atoms with van der Waals surface area (Å²) in [6.07, 6.45) is 6.55. The number of hydrogen-bond acceptors (Lipinski definition) is 3. The van der Waals surface area contributed by atoms with Crippen LogP contribution in [0.15, 0.2) is 48.5 Å². The fourth-order valence-corrected chi connectivity index (χ4v) is 7.70. The molecule has 4 bridgehead atoms. The Kier molecular flexibility index (Phi) is 4.78. The van der Waals surface area contributed by atoms with Gasteiger partial charge < -0.3 is 5.32 Å². The fraction of sp³-hybridized carbons (Fsp3) is 0.483. The Bertz CT molecular complexity index is 1150. The summed E-state index contributed by atoms with van der Waals surface area (Å²) in [6.45, 7) is 3.91. The second kappa shape index (κ2) is 7.53. The van der Waals surface area contributed by atoms with E-state index in [9.17, 15) is 14.4 Å². The lowest BCUT2D eigenvalue weighted by Gasteiger charge is -2.56. The van der Waals surface area contributed by atoms with Gasteiger partial charge in [-0.3, -0.25) is 14.5 Å². The summed E-state index contributed by atoms with van der Waals surface area (Å²) in [5.41, 5.74) is 1.95. The summed E-state index contributed by atoms with van der Waals surface area (Å²) < 4.78 is 0. The zero-order valence-electron chi connectivity index (χ0n) is 20.0. The number of benzene rings is 2. The van der Waals surface area contributed by atoms with E-state index >= 15 is 0 Å². The molecule has 1 atom stereocenters. The van der Waals surface area contributed by atoms with Crippen molar-refractivity contribution < 1.29 is 14.4 Å². The van der Waals surface area contributed by atoms with Crippen LogP contribution in [0, 0.1) is 37.0 Å². The van der Waals surface area contributed by atoms with Crippen LogP contribution < -0.4 is 5.32 Å². The van der Waals surface area contributed by atoms with Crippen LogP contribution in [0.5, 0.6) is 0 Å². The number of urea groups is 1. The summed E-state index contributed by atoms with van der Waals surface area (Å²) in [7, 11) is 0. The van der Waals surface area contributed by atoms with Gasteiger partial charge in [0, 0.05) is 5.41 Å². The van der Waals surface area contributed by atoms with Crippen molar-refractivity contribution in [3.63, 3.8) is 0 Å². The number of nitrogens with zero attached hydrogens (tertiary/aromatic N) is 1. The van der Waals surface area contributed by atoms with E-state index in [4.69, 9.17) is 0 Å². The summed E-state index contributed by atoms with van der Waals surface area (Å²) >= 11 is 0. The Hall–Kier alpha value is -2.95. The fourth-order valence-electron chi connectivity index (χ4n) is 7.70. The molecule has 1 N–H and O–H groups in total. The molecule has 176 valence electrons. The van der Waals surface area contributed by atoms with E-state index in [2.05, 4.69) is 5.32 Å². The van der Waals surface area contributed by atoms with Crippen molar-refractivity contribution in [3.05, 3.63) is 70.8 Å². The average molecular weight is 457 g/mol. The monoisotopic (exact) mass is 456 g/mol. The molecule has 4 saturated carbocycles. The van der Waals surface area contributed by atoms with E-state index in [0.717, 1.165) is 36.0 Å². The number of ketones is 1. The molecule has 7 rings (SSSR count). The number of rotatable bonds is 5. The molecule has 1 aliphatic heterocycles. The lowest BCUT2D eigenvalue weighted by molar-refractivity contribution is -0.147.